The van der Waals surface area contributed by atoms with E-state index in [4.69, 9.17) is 0 Å². The van der Waals surface area contributed by atoms with E-state index in [1.165, 1.54) is 4.68 Å². The Morgan fingerprint density at radius 3 is 2.64 bits per heavy atom. The largest absolute Gasteiger partial charge is 0.354 e. The Labute approximate surface area is 130 Å². The number of aromatic nitrogens is 2. The number of nitrogens with one attached hydrogen (secondary N) is 1. The van der Waals surface area contributed by atoms with E-state index in [9.17, 15) is 9.59 Å². The fraction of sp³-hybridized carbons (Fsp3) is 0.471. The molecule has 5 heteroatoms. The van der Waals surface area contributed by atoms with Crippen molar-refractivity contribution in [2.45, 2.75) is 40.2 Å². The predicted molar refractivity (Wildman–Crippen MR) is 87.8 cm³/mol. The molecule has 0 atom stereocenters. The molecule has 5 nitrogen and oxygen atoms in total. The minimum atomic E-state index is -0.224. The molecule has 0 saturated heterocycles. The quantitative estimate of drug-likeness (QED) is 0.832. The molecule has 1 aromatic heterocycles. The Morgan fingerprint density at radius 2 is 1.95 bits per heavy atom. The molecule has 0 fully saturated rings. The van der Waals surface area contributed by atoms with Gasteiger partial charge in [0.15, 0.2) is 0 Å². The molecule has 1 heterocycles. The van der Waals surface area contributed by atoms with E-state index in [-0.39, 0.29) is 18.0 Å². The van der Waals surface area contributed by atoms with Gasteiger partial charge in [0.1, 0.15) is 6.54 Å². The lowest BCUT2D eigenvalue weighted by atomic mass is 10.1. The van der Waals surface area contributed by atoms with Crippen molar-refractivity contribution in [3.63, 3.8) is 0 Å². The highest BCUT2D eigenvalue weighted by Gasteiger charge is 2.10. The van der Waals surface area contributed by atoms with Gasteiger partial charge < -0.3 is 5.32 Å². The van der Waals surface area contributed by atoms with Gasteiger partial charge in [-0.05, 0) is 31.7 Å². The lowest BCUT2D eigenvalue weighted by Gasteiger charge is -2.10. The van der Waals surface area contributed by atoms with E-state index < -0.39 is 0 Å². The van der Waals surface area contributed by atoms with Crippen LogP contribution in [-0.2, 0) is 11.3 Å². The van der Waals surface area contributed by atoms with Crippen molar-refractivity contribution in [1.29, 1.82) is 0 Å². The third-order valence-electron chi connectivity index (χ3n) is 3.63. The van der Waals surface area contributed by atoms with Crippen molar-refractivity contribution in [2.24, 2.45) is 5.92 Å². The summed E-state index contributed by atoms with van der Waals surface area (Å²) in [7, 11) is 0. The molecule has 118 valence electrons. The second kappa shape index (κ2) is 7.20. The number of hydrogen-bond acceptors (Lipinski definition) is 3. The summed E-state index contributed by atoms with van der Waals surface area (Å²) in [6, 6.07) is 7.33. The van der Waals surface area contributed by atoms with E-state index in [2.05, 4.69) is 24.3 Å². The second-order valence-corrected chi connectivity index (χ2v) is 5.98. The highest BCUT2D eigenvalue weighted by Crippen LogP contribution is 2.11. The normalized spacial score (nSPS) is 11.1. The molecule has 22 heavy (non-hydrogen) atoms. The maximum Gasteiger partial charge on any atom is 0.275 e. The average molecular weight is 301 g/mol. The van der Waals surface area contributed by atoms with Gasteiger partial charge in [-0.1, -0.05) is 32.0 Å². The minimum Gasteiger partial charge on any atom is -0.354 e. The zero-order chi connectivity index (χ0) is 16.1. The van der Waals surface area contributed by atoms with E-state index >= 15 is 0 Å². The standard InChI is InChI=1S/C17H23N3O2/c1-12(2)7-6-10-18-16(21)11-20-17(22)15-9-5-4-8-14(15)13(3)19-20/h4-5,8-9,12H,6-7,10-11H2,1-3H3,(H,18,21). The van der Waals surface area contributed by atoms with Gasteiger partial charge in [0.05, 0.1) is 11.1 Å². The van der Waals surface area contributed by atoms with Gasteiger partial charge >= 0.3 is 0 Å². The van der Waals surface area contributed by atoms with Gasteiger partial charge in [-0.2, -0.15) is 5.10 Å². The number of amides is 1. The number of carbonyl (C=O) groups excluding carboxylic acids is 1. The molecule has 0 aliphatic rings. The van der Waals surface area contributed by atoms with Gasteiger partial charge in [-0.15, -0.1) is 0 Å². The summed E-state index contributed by atoms with van der Waals surface area (Å²) in [5, 5.41) is 8.52. The SMILES string of the molecule is Cc1nn(CC(=O)NCCCC(C)C)c(=O)c2ccccc12. The maximum absolute atomic E-state index is 12.4. The summed E-state index contributed by atoms with van der Waals surface area (Å²) in [6.07, 6.45) is 2.02. The van der Waals surface area contributed by atoms with Crippen LogP contribution in [0.2, 0.25) is 0 Å². The van der Waals surface area contributed by atoms with E-state index in [1.54, 1.807) is 6.07 Å². The van der Waals surface area contributed by atoms with E-state index in [0.29, 0.717) is 17.8 Å². The molecule has 1 N–H and O–H groups in total. The number of fused-ring (bicyclic) bond motifs is 1. The minimum absolute atomic E-state index is 0.0355. The fourth-order valence-corrected chi connectivity index (χ4v) is 2.44. The van der Waals surface area contributed by atoms with Crippen LogP contribution in [0.5, 0.6) is 0 Å². The lowest BCUT2D eigenvalue weighted by Crippen LogP contribution is -2.34. The Balaban J connectivity index is 2.07. The molecule has 0 aliphatic heterocycles. The summed E-state index contributed by atoms with van der Waals surface area (Å²) in [4.78, 5) is 24.3. The molecule has 2 rings (SSSR count). The fourth-order valence-electron chi connectivity index (χ4n) is 2.44. The summed E-state index contributed by atoms with van der Waals surface area (Å²) in [5.74, 6) is 0.456. The highest BCUT2D eigenvalue weighted by atomic mass is 16.2. The van der Waals surface area contributed by atoms with Crippen molar-refractivity contribution < 1.29 is 4.79 Å². The van der Waals surface area contributed by atoms with Crippen molar-refractivity contribution in [3.8, 4) is 0 Å². The Bertz CT molecular complexity index is 719. The van der Waals surface area contributed by atoms with Crippen molar-refractivity contribution in [1.82, 2.24) is 15.1 Å². The Morgan fingerprint density at radius 1 is 1.27 bits per heavy atom. The number of nitrogens with zero attached hydrogens (tertiary/aromatic N) is 2. The molecule has 0 bridgehead atoms. The zero-order valence-electron chi connectivity index (χ0n) is 13.4. The zero-order valence-corrected chi connectivity index (χ0v) is 13.4. The summed E-state index contributed by atoms with van der Waals surface area (Å²) < 4.78 is 1.25. The predicted octanol–water partition coefficient (Wildman–Crippen LogP) is 2.26. The van der Waals surface area contributed by atoms with Crippen LogP contribution in [0, 0.1) is 12.8 Å². The second-order valence-electron chi connectivity index (χ2n) is 5.98. The van der Waals surface area contributed by atoms with Crippen LogP contribution in [0.3, 0.4) is 0 Å². The third-order valence-corrected chi connectivity index (χ3v) is 3.63. The number of aryl methyl sites for hydroxylation is 1. The first-order valence-corrected chi connectivity index (χ1v) is 7.72. The van der Waals surface area contributed by atoms with Gasteiger partial charge in [-0.25, -0.2) is 4.68 Å². The molecule has 1 amide bonds. The topological polar surface area (TPSA) is 64.0 Å². The number of rotatable bonds is 6. The first kappa shape index (κ1) is 16.2. The maximum atomic E-state index is 12.4. The van der Waals surface area contributed by atoms with Crippen LogP contribution in [0.25, 0.3) is 10.8 Å². The summed E-state index contributed by atoms with van der Waals surface area (Å²) in [6.45, 7) is 6.76. The van der Waals surface area contributed by atoms with Crippen molar-refractivity contribution in [2.75, 3.05) is 6.54 Å². The van der Waals surface area contributed by atoms with E-state index in [0.717, 1.165) is 23.9 Å². The Hall–Kier alpha value is -2.17. The van der Waals surface area contributed by atoms with Gasteiger partial charge in [0.25, 0.3) is 5.56 Å². The summed E-state index contributed by atoms with van der Waals surface area (Å²) >= 11 is 0. The first-order valence-electron chi connectivity index (χ1n) is 7.72. The highest BCUT2D eigenvalue weighted by molar-refractivity contribution is 5.83. The van der Waals surface area contributed by atoms with Crippen LogP contribution < -0.4 is 10.9 Å². The molecule has 0 spiro atoms. The third kappa shape index (κ3) is 3.93. The van der Waals surface area contributed by atoms with Gasteiger partial charge in [-0.3, -0.25) is 9.59 Å². The molecule has 0 unspecified atom stereocenters. The average Bonchev–Trinajstić information content (AvgIpc) is 2.49. The van der Waals surface area contributed by atoms with Crippen LogP contribution in [0.15, 0.2) is 29.1 Å². The number of benzene rings is 1. The summed E-state index contributed by atoms with van der Waals surface area (Å²) in [5.41, 5.74) is 0.529. The van der Waals surface area contributed by atoms with Crippen LogP contribution in [-0.4, -0.2) is 22.2 Å². The number of hydrogen-bond donors (Lipinski definition) is 1. The first-order chi connectivity index (χ1) is 10.5. The molecular formula is C17H23N3O2. The molecular weight excluding hydrogens is 278 g/mol. The van der Waals surface area contributed by atoms with Crippen LogP contribution in [0.1, 0.15) is 32.4 Å². The molecule has 0 saturated carbocycles. The smallest absolute Gasteiger partial charge is 0.275 e. The van der Waals surface area contributed by atoms with Crippen LogP contribution >= 0.6 is 0 Å². The van der Waals surface area contributed by atoms with Gasteiger partial charge in [0.2, 0.25) is 5.91 Å². The monoisotopic (exact) mass is 301 g/mol. The van der Waals surface area contributed by atoms with Gasteiger partial charge in [0, 0.05) is 11.9 Å². The molecule has 2 aromatic rings. The molecule has 0 aliphatic carbocycles. The molecule has 1 aromatic carbocycles. The van der Waals surface area contributed by atoms with Crippen molar-refractivity contribution in [3.05, 3.63) is 40.3 Å². The lowest BCUT2D eigenvalue weighted by molar-refractivity contribution is -0.121. The number of carbonyl (C=O) groups is 1. The van der Waals surface area contributed by atoms with Crippen LogP contribution in [0.4, 0.5) is 0 Å². The van der Waals surface area contributed by atoms with Crippen molar-refractivity contribution >= 4 is 16.7 Å². The Kier molecular flexibility index (Phi) is 5.31. The van der Waals surface area contributed by atoms with E-state index in [1.807, 2.05) is 25.1 Å². The molecule has 0 radical (unpaired) electrons.